The van der Waals surface area contributed by atoms with Gasteiger partial charge >= 0.3 is 0 Å². The van der Waals surface area contributed by atoms with Gasteiger partial charge in [0.25, 0.3) is 5.56 Å². The number of nitrogens with zero attached hydrogens (tertiary/aromatic N) is 1. The van der Waals surface area contributed by atoms with Gasteiger partial charge in [0.1, 0.15) is 0 Å². The highest BCUT2D eigenvalue weighted by molar-refractivity contribution is 9.10. The van der Waals surface area contributed by atoms with Crippen molar-refractivity contribution in [2.75, 3.05) is 0 Å². The van der Waals surface area contributed by atoms with Gasteiger partial charge in [0.05, 0.1) is 5.69 Å². The first-order valence-electron chi connectivity index (χ1n) is 4.91. The van der Waals surface area contributed by atoms with Crippen LogP contribution in [0.3, 0.4) is 0 Å². The van der Waals surface area contributed by atoms with Crippen LogP contribution in [0.15, 0.2) is 33.5 Å². The first-order chi connectivity index (χ1) is 7.59. The maximum absolute atomic E-state index is 11.4. The lowest BCUT2D eigenvalue weighted by Gasteiger charge is -2.06. The quantitative estimate of drug-likeness (QED) is 0.872. The van der Waals surface area contributed by atoms with Gasteiger partial charge < -0.3 is 0 Å². The molecule has 2 rings (SSSR count). The SMILES string of the molecule is Cc1c(-c2ccc(Br)cc2)n[nH]c(=O)c1C. The molecule has 1 N–H and O–H groups in total. The smallest absolute Gasteiger partial charge is 0.267 e. The van der Waals surface area contributed by atoms with Crippen molar-refractivity contribution < 1.29 is 0 Å². The van der Waals surface area contributed by atoms with Gasteiger partial charge in [0, 0.05) is 15.6 Å². The Kier molecular flexibility index (Phi) is 2.92. The van der Waals surface area contributed by atoms with Crippen molar-refractivity contribution >= 4 is 15.9 Å². The number of hydrogen-bond donors (Lipinski definition) is 1. The number of nitrogens with one attached hydrogen (secondary N) is 1. The minimum absolute atomic E-state index is 0.127. The van der Waals surface area contributed by atoms with E-state index in [0.29, 0.717) is 5.56 Å². The lowest BCUT2D eigenvalue weighted by atomic mass is 10.0. The zero-order valence-corrected chi connectivity index (χ0v) is 10.6. The summed E-state index contributed by atoms with van der Waals surface area (Å²) in [7, 11) is 0. The van der Waals surface area contributed by atoms with Crippen LogP contribution in [0, 0.1) is 13.8 Å². The topological polar surface area (TPSA) is 45.8 Å². The molecule has 1 aromatic carbocycles. The number of hydrogen-bond acceptors (Lipinski definition) is 2. The molecule has 0 bridgehead atoms. The van der Waals surface area contributed by atoms with Crippen LogP contribution in [0.5, 0.6) is 0 Å². The second-order valence-corrected chi connectivity index (χ2v) is 4.57. The van der Waals surface area contributed by atoms with E-state index in [1.165, 1.54) is 0 Å². The average molecular weight is 279 g/mol. The van der Waals surface area contributed by atoms with Crippen molar-refractivity contribution in [3.63, 3.8) is 0 Å². The molecule has 1 heterocycles. The molecule has 0 spiro atoms. The van der Waals surface area contributed by atoms with E-state index in [4.69, 9.17) is 0 Å². The molecule has 2 aromatic rings. The molecule has 0 aliphatic carbocycles. The largest absolute Gasteiger partial charge is 0.268 e. The highest BCUT2D eigenvalue weighted by Gasteiger charge is 2.08. The minimum atomic E-state index is -0.127. The summed E-state index contributed by atoms with van der Waals surface area (Å²) in [6.07, 6.45) is 0. The Morgan fingerprint density at radius 3 is 2.38 bits per heavy atom. The zero-order chi connectivity index (χ0) is 11.7. The Morgan fingerprint density at radius 1 is 1.12 bits per heavy atom. The van der Waals surface area contributed by atoms with Gasteiger partial charge in [-0.05, 0) is 31.5 Å². The number of benzene rings is 1. The van der Waals surface area contributed by atoms with Crippen LogP contribution < -0.4 is 5.56 Å². The van der Waals surface area contributed by atoms with Crippen LogP contribution in [-0.4, -0.2) is 10.2 Å². The summed E-state index contributed by atoms with van der Waals surface area (Å²) in [6, 6.07) is 7.85. The molecule has 0 saturated heterocycles. The summed E-state index contributed by atoms with van der Waals surface area (Å²) in [5, 5.41) is 6.59. The maximum Gasteiger partial charge on any atom is 0.267 e. The van der Waals surface area contributed by atoms with E-state index >= 15 is 0 Å². The van der Waals surface area contributed by atoms with Gasteiger partial charge in [0.15, 0.2) is 0 Å². The standard InChI is InChI=1S/C12H11BrN2O/c1-7-8(2)12(16)15-14-11(7)9-3-5-10(13)6-4-9/h3-6H,1-2H3,(H,15,16). The van der Waals surface area contributed by atoms with E-state index in [-0.39, 0.29) is 5.56 Å². The van der Waals surface area contributed by atoms with Crippen molar-refractivity contribution in [1.82, 2.24) is 10.2 Å². The molecular formula is C12H11BrN2O. The Labute approximate surface area is 102 Å². The Balaban J connectivity index is 2.61. The third-order valence-corrected chi connectivity index (χ3v) is 3.17. The first kappa shape index (κ1) is 11.1. The highest BCUT2D eigenvalue weighted by atomic mass is 79.9. The molecule has 82 valence electrons. The summed E-state index contributed by atoms with van der Waals surface area (Å²) in [5.74, 6) is 0. The van der Waals surface area contributed by atoms with Crippen molar-refractivity contribution in [2.45, 2.75) is 13.8 Å². The Hall–Kier alpha value is -1.42. The molecular weight excluding hydrogens is 268 g/mol. The lowest BCUT2D eigenvalue weighted by Crippen LogP contribution is -2.14. The van der Waals surface area contributed by atoms with Crippen LogP contribution in [0.4, 0.5) is 0 Å². The molecule has 4 heteroatoms. The number of aromatic nitrogens is 2. The fourth-order valence-electron chi connectivity index (χ4n) is 1.51. The van der Waals surface area contributed by atoms with Crippen molar-refractivity contribution in [2.24, 2.45) is 0 Å². The normalized spacial score (nSPS) is 10.4. The molecule has 0 unspecified atom stereocenters. The van der Waals surface area contributed by atoms with Gasteiger partial charge in [-0.15, -0.1) is 0 Å². The summed E-state index contributed by atoms with van der Waals surface area (Å²) >= 11 is 3.38. The van der Waals surface area contributed by atoms with Crippen LogP contribution in [0.25, 0.3) is 11.3 Å². The third-order valence-electron chi connectivity index (χ3n) is 2.65. The molecule has 0 saturated carbocycles. The summed E-state index contributed by atoms with van der Waals surface area (Å²) < 4.78 is 1.02. The van der Waals surface area contributed by atoms with Gasteiger partial charge in [-0.2, -0.15) is 5.10 Å². The van der Waals surface area contributed by atoms with Crippen LogP contribution in [-0.2, 0) is 0 Å². The number of aromatic amines is 1. The van der Waals surface area contributed by atoms with Crippen molar-refractivity contribution in [3.05, 3.63) is 50.2 Å². The van der Waals surface area contributed by atoms with E-state index in [1.807, 2.05) is 31.2 Å². The second-order valence-electron chi connectivity index (χ2n) is 3.66. The number of H-pyrrole nitrogens is 1. The minimum Gasteiger partial charge on any atom is -0.268 e. The van der Waals surface area contributed by atoms with Gasteiger partial charge in [-0.3, -0.25) is 4.79 Å². The van der Waals surface area contributed by atoms with E-state index in [1.54, 1.807) is 6.92 Å². The van der Waals surface area contributed by atoms with Gasteiger partial charge in [-0.25, -0.2) is 5.10 Å². The molecule has 0 atom stereocenters. The third kappa shape index (κ3) is 1.93. The molecule has 0 aliphatic rings. The van der Waals surface area contributed by atoms with Gasteiger partial charge in [0.2, 0.25) is 0 Å². The molecule has 0 fully saturated rings. The maximum atomic E-state index is 11.4. The number of rotatable bonds is 1. The molecule has 0 amide bonds. The van der Waals surface area contributed by atoms with Gasteiger partial charge in [-0.1, -0.05) is 28.1 Å². The number of halogens is 1. The average Bonchev–Trinajstić information content (AvgIpc) is 2.28. The summed E-state index contributed by atoms with van der Waals surface area (Å²) in [6.45, 7) is 3.72. The van der Waals surface area contributed by atoms with E-state index in [2.05, 4.69) is 26.1 Å². The molecule has 1 aromatic heterocycles. The predicted molar refractivity (Wildman–Crippen MR) is 67.5 cm³/mol. The molecule has 16 heavy (non-hydrogen) atoms. The van der Waals surface area contributed by atoms with Crippen molar-refractivity contribution in [1.29, 1.82) is 0 Å². The van der Waals surface area contributed by atoms with Crippen LogP contribution in [0.2, 0.25) is 0 Å². The lowest BCUT2D eigenvalue weighted by molar-refractivity contribution is 0.959. The fourth-order valence-corrected chi connectivity index (χ4v) is 1.78. The van der Waals surface area contributed by atoms with E-state index in [9.17, 15) is 4.79 Å². The summed E-state index contributed by atoms with van der Waals surface area (Å²) in [5.41, 5.74) is 3.34. The zero-order valence-electron chi connectivity index (χ0n) is 9.04. The predicted octanol–water partition coefficient (Wildman–Crippen LogP) is 2.82. The van der Waals surface area contributed by atoms with E-state index < -0.39 is 0 Å². The van der Waals surface area contributed by atoms with Crippen LogP contribution >= 0.6 is 15.9 Å². The van der Waals surface area contributed by atoms with Crippen LogP contribution in [0.1, 0.15) is 11.1 Å². The van der Waals surface area contributed by atoms with Crippen molar-refractivity contribution in [3.8, 4) is 11.3 Å². The molecule has 0 radical (unpaired) electrons. The Morgan fingerprint density at radius 2 is 1.75 bits per heavy atom. The second kappa shape index (κ2) is 4.22. The highest BCUT2D eigenvalue weighted by Crippen LogP contribution is 2.22. The first-order valence-corrected chi connectivity index (χ1v) is 5.70. The Bertz CT molecular complexity index is 573. The summed E-state index contributed by atoms with van der Waals surface area (Å²) in [4.78, 5) is 11.4. The fraction of sp³-hybridized carbons (Fsp3) is 0.167. The molecule has 3 nitrogen and oxygen atoms in total. The van der Waals surface area contributed by atoms with E-state index in [0.717, 1.165) is 21.3 Å². The molecule has 0 aliphatic heterocycles. The monoisotopic (exact) mass is 278 g/mol.